The SMILES string of the molecule is NCc1nnc(CCc2ccco2)o1. The molecule has 0 aliphatic heterocycles. The Balaban J connectivity index is 1.92. The quantitative estimate of drug-likeness (QED) is 0.780. The number of aryl methyl sites for hydroxylation is 2. The monoisotopic (exact) mass is 193 g/mol. The van der Waals surface area contributed by atoms with E-state index >= 15 is 0 Å². The molecule has 2 heterocycles. The Bertz CT molecular complexity index is 380. The van der Waals surface area contributed by atoms with E-state index in [4.69, 9.17) is 14.6 Å². The zero-order valence-electron chi connectivity index (χ0n) is 7.64. The fourth-order valence-electron chi connectivity index (χ4n) is 1.16. The van der Waals surface area contributed by atoms with Crippen molar-refractivity contribution in [3.8, 4) is 0 Å². The summed E-state index contributed by atoms with van der Waals surface area (Å²) in [6.07, 6.45) is 3.09. The first-order chi connectivity index (χ1) is 6.88. The van der Waals surface area contributed by atoms with Gasteiger partial charge < -0.3 is 14.6 Å². The van der Waals surface area contributed by atoms with Crippen molar-refractivity contribution in [2.75, 3.05) is 0 Å². The molecule has 74 valence electrons. The van der Waals surface area contributed by atoms with E-state index in [-0.39, 0.29) is 6.54 Å². The molecule has 0 aliphatic rings. The van der Waals surface area contributed by atoms with Crippen LogP contribution in [-0.4, -0.2) is 10.2 Å². The third-order valence-corrected chi connectivity index (χ3v) is 1.85. The molecule has 5 heteroatoms. The lowest BCUT2D eigenvalue weighted by molar-refractivity contribution is 0.438. The molecule has 0 fully saturated rings. The number of rotatable bonds is 4. The van der Waals surface area contributed by atoms with Gasteiger partial charge in [0.15, 0.2) is 0 Å². The molecule has 0 atom stereocenters. The van der Waals surface area contributed by atoms with Crippen LogP contribution < -0.4 is 5.73 Å². The van der Waals surface area contributed by atoms with E-state index < -0.39 is 0 Å². The van der Waals surface area contributed by atoms with Crippen LogP contribution in [0.15, 0.2) is 27.2 Å². The van der Waals surface area contributed by atoms with Crippen LogP contribution in [0.3, 0.4) is 0 Å². The maximum Gasteiger partial charge on any atom is 0.230 e. The number of hydrogen-bond donors (Lipinski definition) is 1. The molecule has 5 nitrogen and oxygen atoms in total. The molecular formula is C9H11N3O2. The first-order valence-corrected chi connectivity index (χ1v) is 4.42. The highest BCUT2D eigenvalue weighted by atomic mass is 16.4. The highest BCUT2D eigenvalue weighted by molar-refractivity contribution is 4.99. The Morgan fingerprint density at radius 2 is 2.07 bits per heavy atom. The maximum absolute atomic E-state index is 5.34. The van der Waals surface area contributed by atoms with Crippen molar-refractivity contribution in [3.05, 3.63) is 35.9 Å². The number of furan rings is 1. The smallest absolute Gasteiger partial charge is 0.230 e. The summed E-state index contributed by atoms with van der Waals surface area (Å²) in [5.41, 5.74) is 5.34. The lowest BCUT2D eigenvalue weighted by atomic mass is 10.2. The van der Waals surface area contributed by atoms with Crippen molar-refractivity contribution in [1.82, 2.24) is 10.2 Å². The second-order valence-corrected chi connectivity index (χ2v) is 2.87. The molecule has 0 aromatic carbocycles. The molecule has 0 unspecified atom stereocenters. The van der Waals surface area contributed by atoms with E-state index in [9.17, 15) is 0 Å². The Hall–Kier alpha value is -1.62. The predicted octanol–water partition coefficient (Wildman–Crippen LogP) is 0.906. The molecular weight excluding hydrogens is 182 g/mol. The number of nitrogens with two attached hydrogens (primary N) is 1. The minimum absolute atomic E-state index is 0.285. The van der Waals surface area contributed by atoms with Crippen molar-refractivity contribution in [2.45, 2.75) is 19.4 Å². The maximum atomic E-state index is 5.34. The predicted molar refractivity (Wildman–Crippen MR) is 48.3 cm³/mol. The number of aromatic nitrogens is 2. The summed E-state index contributed by atoms with van der Waals surface area (Å²) in [5, 5.41) is 7.61. The van der Waals surface area contributed by atoms with Gasteiger partial charge in [-0.15, -0.1) is 10.2 Å². The molecule has 0 spiro atoms. The Kier molecular flexibility index (Phi) is 2.60. The Labute approximate surface area is 80.9 Å². The van der Waals surface area contributed by atoms with Gasteiger partial charge in [-0.05, 0) is 12.1 Å². The van der Waals surface area contributed by atoms with Crippen molar-refractivity contribution in [1.29, 1.82) is 0 Å². The van der Waals surface area contributed by atoms with Gasteiger partial charge in [0.25, 0.3) is 0 Å². The van der Waals surface area contributed by atoms with E-state index in [1.165, 1.54) is 0 Å². The van der Waals surface area contributed by atoms with Crippen molar-refractivity contribution < 1.29 is 8.83 Å². The molecule has 2 rings (SSSR count). The van der Waals surface area contributed by atoms with Crippen LogP contribution in [0.1, 0.15) is 17.5 Å². The van der Waals surface area contributed by atoms with E-state index in [0.717, 1.165) is 12.2 Å². The van der Waals surface area contributed by atoms with Crippen LogP contribution >= 0.6 is 0 Å². The Morgan fingerprint density at radius 3 is 2.71 bits per heavy atom. The summed E-state index contributed by atoms with van der Waals surface area (Å²) >= 11 is 0. The topological polar surface area (TPSA) is 78.1 Å². The molecule has 2 aromatic heterocycles. The second kappa shape index (κ2) is 4.06. The van der Waals surface area contributed by atoms with Gasteiger partial charge in [-0.3, -0.25) is 0 Å². The van der Waals surface area contributed by atoms with Crippen LogP contribution in [0.4, 0.5) is 0 Å². The summed E-state index contributed by atoms with van der Waals surface area (Å²) in [5.74, 6) is 1.98. The third kappa shape index (κ3) is 2.00. The molecule has 0 aliphatic carbocycles. The molecule has 0 bridgehead atoms. The summed E-state index contributed by atoms with van der Waals surface area (Å²) in [6.45, 7) is 0.285. The van der Waals surface area contributed by atoms with Crippen LogP contribution in [0.5, 0.6) is 0 Å². The van der Waals surface area contributed by atoms with Crippen LogP contribution in [0, 0.1) is 0 Å². The van der Waals surface area contributed by atoms with Gasteiger partial charge in [-0.1, -0.05) is 0 Å². The first kappa shape index (κ1) is 8.96. The lowest BCUT2D eigenvalue weighted by Gasteiger charge is -1.91. The molecule has 0 saturated carbocycles. The largest absolute Gasteiger partial charge is 0.469 e. The highest BCUT2D eigenvalue weighted by Crippen LogP contribution is 2.06. The van der Waals surface area contributed by atoms with Gasteiger partial charge in [0.05, 0.1) is 12.8 Å². The zero-order chi connectivity index (χ0) is 9.80. The minimum atomic E-state index is 0.285. The van der Waals surface area contributed by atoms with Gasteiger partial charge in [0, 0.05) is 12.8 Å². The fourth-order valence-corrected chi connectivity index (χ4v) is 1.16. The van der Waals surface area contributed by atoms with Crippen LogP contribution in [-0.2, 0) is 19.4 Å². The third-order valence-electron chi connectivity index (χ3n) is 1.85. The average molecular weight is 193 g/mol. The second-order valence-electron chi connectivity index (χ2n) is 2.87. The molecule has 2 aromatic rings. The molecule has 14 heavy (non-hydrogen) atoms. The highest BCUT2D eigenvalue weighted by Gasteiger charge is 2.05. The Morgan fingerprint density at radius 1 is 1.21 bits per heavy atom. The van der Waals surface area contributed by atoms with Gasteiger partial charge in [0.2, 0.25) is 11.8 Å². The van der Waals surface area contributed by atoms with Gasteiger partial charge in [0.1, 0.15) is 5.76 Å². The lowest BCUT2D eigenvalue weighted by Crippen LogP contribution is -1.95. The van der Waals surface area contributed by atoms with E-state index in [2.05, 4.69) is 10.2 Å². The fraction of sp³-hybridized carbons (Fsp3) is 0.333. The molecule has 0 amide bonds. The summed E-state index contributed by atoms with van der Waals surface area (Å²) < 4.78 is 10.4. The normalized spacial score (nSPS) is 10.6. The van der Waals surface area contributed by atoms with Gasteiger partial charge >= 0.3 is 0 Å². The van der Waals surface area contributed by atoms with Gasteiger partial charge in [-0.2, -0.15) is 0 Å². The standard InChI is InChI=1S/C9H11N3O2/c10-6-9-12-11-8(14-9)4-3-7-2-1-5-13-7/h1-2,5H,3-4,6,10H2. The molecule has 2 N–H and O–H groups in total. The minimum Gasteiger partial charge on any atom is -0.469 e. The van der Waals surface area contributed by atoms with E-state index in [0.29, 0.717) is 18.2 Å². The summed E-state index contributed by atoms with van der Waals surface area (Å²) in [6, 6.07) is 3.77. The number of hydrogen-bond acceptors (Lipinski definition) is 5. The van der Waals surface area contributed by atoms with Crippen molar-refractivity contribution in [2.24, 2.45) is 5.73 Å². The van der Waals surface area contributed by atoms with Crippen molar-refractivity contribution in [3.63, 3.8) is 0 Å². The molecule has 0 radical (unpaired) electrons. The zero-order valence-corrected chi connectivity index (χ0v) is 7.64. The van der Waals surface area contributed by atoms with Crippen LogP contribution in [0.25, 0.3) is 0 Å². The summed E-state index contributed by atoms with van der Waals surface area (Å²) in [4.78, 5) is 0. The van der Waals surface area contributed by atoms with Gasteiger partial charge in [-0.25, -0.2) is 0 Å². The average Bonchev–Trinajstić information content (AvgIpc) is 2.86. The van der Waals surface area contributed by atoms with Crippen LogP contribution in [0.2, 0.25) is 0 Å². The van der Waals surface area contributed by atoms with E-state index in [1.54, 1.807) is 6.26 Å². The molecule has 0 saturated heterocycles. The van der Waals surface area contributed by atoms with Crippen molar-refractivity contribution >= 4 is 0 Å². The number of nitrogens with zero attached hydrogens (tertiary/aromatic N) is 2. The van der Waals surface area contributed by atoms with E-state index in [1.807, 2.05) is 12.1 Å². The first-order valence-electron chi connectivity index (χ1n) is 4.42. The summed E-state index contributed by atoms with van der Waals surface area (Å²) in [7, 11) is 0.